The lowest BCUT2D eigenvalue weighted by Crippen LogP contribution is -1.94. The molecule has 0 saturated carbocycles. The number of nitriles is 1. The summed E-state index contributed by atoms with van der Waals surface area (Å²) in [4.78, 5) is 10.3. The molecule has 0 radical (unpaired) electrons. The van der Waals surface area contributed by atoms with Crippen molar-refractivity contribution in [2.75, 3.05) is 0 Å². The van der Waals surface area contributed by atoms with E-state index in [2.05, 4.69) is 10.2 Å². The van der Waals surface area contributed by atoms with Gasteiger partial charge in [-0.2, -0.15) is 5.26 Å². The molecule has 0 aliphatic heterocycles. The lowest BCUT2D eigenvalue weighted by molar-refractivity contribution is -0.384. The van der Waals surface area contributed by atoms with Crippen LogP contribution in [0.15, 0.2) is 36.5 Å². The smallest absolute Gasteiger partial charge is 0.269 e. The maximum absolute atomic E-state index is 10.8. The topological polar surface area (TPSA) is 97.1 Å². The third kappa shape index (κ3) is 2.08. The first kappa shape index (κ1) is 12.7. The summed E-state index contributed by atoms with van der Waals surface area (Å²) in [5.41, 5.74) is 2.60. The minimum atomic E-state index is -0.433. The van der Waals surface area contributed by atoms with Gasteiger partial charge in [0, 0.05) is 30.0 Å². The van der Waals surface area contributed by atoms with Crippen molar-refractivity contribution >= 4 is 11.3 Å². The number of hydrogen-bond donors (Lipinski definition) is 0. The summed E-state index contributed by atoms with van der Waals surface area (Å²) in [6, 6.07) is 9.94. The molecule has 0 spiro atoms. The molecular formula is C14H9N5O2. The Balaban J connectivity index is 2.17. The van der Waals surface area contributed by atoms with Gasteiger partial charge in [0.05, 0.1) is 16.6 Å². The molecule has 7 heteroatoms. The Morgan fingerprint density at radius 2 is 2.10 bits per heavy atom. The van der Waals surface area contributed by atoms with Gasteiger partial charge in [0.2, 0.25) is 0 Å². The lowest BCUT2D eigenvalue weighted by atomic mass is 10.1. The molecule has 0 unspecified atom stereocenters. The molecule has 3 rings (SSSR count). The van der Waals surface area contributed by atoms with Crippen LogP contribution in [0.1, 0.15) is 11.1 Å². The Morgan fingerprint density at radius 3 is 2.76 bits per heavy atom. The van der Waals surface area contributed by atoms with Gasteiger partial charge >= 0.3 is 0 Å². The first-order valence-electron chi connectivity index (χ1n) is 6.10. The number of aryl methyl sites for hydroxylation is 1. The number of pyridine rings is 1. The fraction of sp³-hybridized carbons (Fsp3) is 0.0714. The molecule has 21 heavy (non-hydrogen) atoms. The number of aromatic nitrogens is 3. The average molecular weight is 279 g/mol. The lowest BCUT2D eigenvalue weighted by Gasteiger charge is -2.04. The van der Waals surface area contributed by atoms with E-state index < -0.39 is 4.92 Å². The summed E-state index contributed by atoms with van der Waals surface area (Å²) >= 11 is 0. The van der Waals surface area contributed by atoms with Crippen LogP contribution in [0.25, 0.3) is 17.0 Å². The highest BCUT2D eigenvalue weighted by molar-refractivity contribution is 5.65. The Bertz CT molecular complexity index is 907. The van der Waals surface area contributed by atoms with E-state index in [0.29, 0.717) is 17.0 Å². The highest BCUT2D eigenvalue weighted by atomic mass is 16.6. The Morgan fingerprint density at radius 1 is 1.29 bits per heavy atom. The summed E-state index contributed by atoms with van der Waals surface area (Å²) < 4.78 is 1.75. The Hall–Kier alpha value is -3.27. The fourth-order valence-electron chi connectivity index (χ4n) is 2.16. The van der Waals surface area contributed by atoms with Gasteiger partial charge in [-0.15, -0.1) is 10.2 Å². The molecule has 2 heterocycles. The van der Waals surface area contributed by atoms with Crippen molar-refractivity contribution in [2.45, 2.75) is 6.92 Å². The maximum Gasteiger partial charge on any atom is 0.269 e. The van der Waals surface area contributed by atoms with Gasteiger partial charge in [-0.3, -0.25) is 14.5 Å². The van der Waals surface area contributed by atoms with Crippen LogP contribution in [0.4, 0.5) is 5.69 Å². The van der Waals surface area contributed by atoms with Crippen LogP contribution in [0, 0.1) is 28.4 Å². The van der Waals surface area contributed by atoms with Crippen molar-refractivity contribution in [3.8, 4) is 17.5 Å². The first-order chi connectivity index (χ1) is 10.1. The van der Waals surface area contributed by atoms with E-state index in [1.54, 1.807) is 35.7 Å². The predicted octanol–water partition coefficient (Wildman–Crippen LogP) is 2.48. The van der Waals surface area contributed by atoms with Gasteiger partial charge in [0.1, 0.15) is 0 Å². The van der Waals surface area contributed by atoms with Crippen LogP contribution in [0.5, 0.6) is 0 Å². The van der Waals surface area contributed by atoms with Gasteiger partial charge in [0.25, 0.3) is 5.69 Å². The van der Waals surface area contributed by atoms with Crippen LogP contribution in [-0.2, 0) is 0 Å². The number of fused-ring (bicyclic) bond motifs is 1. The van der Waals surface area contributed by atoms with Gasteiger partial charge in [0.15, 0.2) is 11.5 Å². The minimum absolute atomic E-state index is 0.0387. The second-order valence-corrected chi connectivity index (χ2v) is 4.54. The van der Waals surface area contributed by atoms with Gasteiger partial charge < -0.3 is 0 Å². The van der Waals surface area contributed by atoms with Crippen LogP contribution in [0.2, 0.25) is 0 Å². The van der Waals surface area contributed by atoms with E-state index >= 15 is 0 Å². The molecule has 102 valence electrons. The van der Waals surface area contributed by atoms with Gasteiger partial charge in [-0.1, -0.05) is 0 Å². The zero-order valence-corrected chi connectivity index (χ0v) is 11.0. The van der Waals surface area contributed by atoms with E-state index in [0.717, 1.165) is 11.1 Å². The van der Waals surface area contributed by atoms with Crippen LogP contribution in [-0.4, -0.2) is 19.5 Å². The molecule has 7 nitrogen and oxygen atoms in total. The molecule has 0 amide bonds. The zero-order valence-electron chi connectivity index (χ0n) is 11.0. The van der Waals surface area contributed by atoms with Crippen LogP contribution >= 0.6 is 0 Å². The molecule has 2 aromatic heterocycles. The molecule has 0 aliphatic rings. The monoisotopic (exact) mass is 279 g/mol. The Kier molecular flexibility index (Phi) is 2.84. The second-order valence-electron chi connectivity index (χ2n) is 4.54. The number of rotatable bonds is 2. The number of nitrogens with zero attached hydrogens (tertiary/aromatic N) is 5. The zero-order chi connectivity index (χ0) is 15.0. The number of hydrogen-bond acceptors (Lipinski definition) is 5. The number of non-ortho nitro benzene ring substituents is 1. The number of nitro benzene ring substituents is 1. The van der Waals surface area contributed by atoms with E-state index in [1.807, 2.05) is 6.07 Å². The van der Waals surface area contributed by atoms with Crippen molar-refractivity contribution in [3.05, 3.63) is 57.8 Å². The summed E-state index contributed by atoms with van der Waals surface area (Å²) in [5, 5.41) is 27.8. The quantitative estimate of drug-likeness (QED) is 0.530. The van der Waals surface area contributed by atoms with E-state index in [-0.39, 0.29) is 5.69 Å². The standard InChI is InChI=1S/C14H9N5O2/c1-9-6-11(19(20)21)2-3-12(9)14-17-16-13-7-10(8-15)4-5-18(13)14/h2-7H,1H3. The van der Waals surface area contributed by atoms with Crippen molar-refractivity contribution in [3.63, 3.8) is 0 Å². The number of benzene rings is 1. The van der Waals surface area contributed by atoms with E-state index in [1.165, 1.54) is 12.1 Å². The molecule has 3 aromatic rings. The Labute approximate surface area is 119 Å². The van der Waals surface area contributed by atoms with Gasteiger partial charge in [-0.05, 0) is 24.6 Å². The molecular weight excluding hydrogens is 270 g/mol. The minimum Gasteiger partial charge on any atom is -0.282 e. The van der Waals surface area contributed by atoms with Crippen molar-refractivity contribution in [1.82, 2.24) is 14.6 Å². The SMILES string of the molecule is Cc1cc([N+](=O)[O-])ccc1-c1nnc2cc(C#N)ccn12. The predicted molar refractivity (Wildman–Crippen MR) is 74.5 cm³/mol. The van der Waals surface area contributed by atoms with E-state index in [4.69, 9.17) is 5.26 Å². The molecule has 0 aliphatic carbocycles. The van der Waals surface area contributed by atoms with E-state index in [9.17, 15) is 10.1 Å². The van der Waals surface area contributed by atoms with Crippen molar-refractivity contribution in [1.29, 1.82) is 5.26 Å². The third-order valence-corrected chi connectivity index (χ3v) is 3.20. The fourth-order valence-corrected chi connectivity index (χ4v) is 2.16. The largest absolute Gasteiger partial charge is 0.282 e. The highest BCUT2D eigenvalue weighted by Gasteiger charge is 2.14. The van der Waals surface area contributed by atoms with Gasteiger partial charge in [-0.25, -0.2) is 0 Å². The normalized spacial score (nSPS) is 10.5. The van der Waals surface area contributed by atoms with Crippen LogP contribution in [0.3, 0.4) is 0 Å². The van der Waals surface area contributed by atoms with Crippen LogP contribution < -0.4 is 0 Å². The summed E-state index contributed by atoms with van der Waals surface area (Å²) in [7, 11) is 0. The highest BCUT2D eigenvalue weighted by Crippen LogP contribution is 2.26. The third-order valence-electron chi connectivity index (χ3n) is 3.20. The van der Waals surface area contributed by atoms with Crippen molar-refractivity contribution < 1.29 is 4.92 Å². The summed E-state index contributed by atoms with van der Waals surface area (Å²) in [6.07, 6.45) is 1.71. The molecule has 0 fully saturated rings. The summed E-state index contributed by atoms with van der Waals surface area (Å²) in [5.74, 6) is 0.585. The molecule has 1 aromatic carbocycles. The van der Waals surface area contributed by atoms with Crippen molar-refractivity contribution in [2.24, 2.45) is 0 Å². The number of nitro groups is 1. The first-order valence-corrected chi connectivity index (χ1v) is 6.10. The summed E-state index contributed by atoms with van der Waals surface area (Å²) in [6.45, 7) is 1.78. The molecule has 0 atom stereocenters. The average Bonchev–Trinajstić information content (AvgIpc) is 2.89. The molecule has 0 bridgehead atoms. The molecule has 0 N–H and O–H groups in total. The second kappa shape index (κ2) is 4.68. The maximum atomic E-state index is 10.8. The molecule has 0 saturated heterocycles.